The first kappa shape index (κ1) is 18.3. The first-order chi connectivity index (χ1) is 14.8. The number of benzene rings is 2. The first-order valence-corrected chi connectivity index (χ1v) is 9.87. The van der Waals surface area contributed by atoms with E-state index in [1.807, 2.05) is 48.5 Å². The molecule has 150 valence electrons. The zero-order valence-electron chi connectivity index (χ0n) is 16.2. The molecular formula is C23H20N4O3. The minimum atomic E-state index is -0.299. The highest BCUT2D eigenvalue weighted by molar-refractivity contribution is 6.06. The van der Waals surface area contributed by atoms with Gasteiger partial charge in [0.25, 0.3) is 5.91 Å². The van der Waals surface area contributed by atoms with E-state index < -0.39 is 0 Å². The molecule has 1 aliphatic heterocycles. The number of carbonyl (C=O) groups is 1. The minimum absolute atomic E-state index is 0.0172. The Morgan fingerprint density at radius 3 is 2.87 bits per heavy atom. The van der Waals surface area contributed by atoms with Crippen molar-refractivity contribution in [3.8, 4) is 11.6 Å². The molecule has 1 amide bonds. The quantitative estimate of drug-likeness (QED) is 0.500. The van der Waals surface area contributed by atoms with Gasteiger partial charge in [-0.2, -0.15) is 0 Å². The van der Waals surface area contributed by atoms with Crippen molar-refractivity contribution in [1.29, 1.82) is 0 Å². The highest BCUT2D eigenvalue weighted by Gasteiger charge is 2.21. The minimum Gasteiger partial charge on any atom is -0.438 e. The number of imidazole rings is 1. The van der Waals surface area contributed by atoms with Crippen molar-refractivity contribution in [3.63, 3.8) is 0 Å². The number of ether oxygens (including phenoxy) is 2. The summed E-state index contributed by atoms with van der Waals surface area (Å²) in [7, 11) is 0. The zero-order chi connectivity index (χ0) is 20.3. The second-order valence-corrected chi connectivity index (χ2v) is 7.08. The molecule has 3 heterocycles. The number of hydrogen-bond acceptors (Lipinski definition) is 5. The van der Waals surface area contributed by atoms with Crippen LogP contribution in [0.1, 0.15) is 35.1 Å². The first-order valence-electron chi connectivity index (χ1n) is 9.87. The van der Waals surface area contributed by atoms with Crippen LogP contribution in [0.15, 0.2) is 66.9 Å². The van der Waals surface area contributed by atoms with Gasteiger partial charge in [-0.15, -0.1) is 0 Å². The summed E-state index contributed by atoms with van der Waals surface area (Å²) < 4.78 is 11.5. The van der Waals surface area contributed by atoms with Crippen LogP contribution in [0.5, 0.6) is 11.6 Å². The van der Waals surface area contributed by atoms with Gasteiger partial charge in [0.2, 0.25) is 5.88 Å². The normalized spacial score (nSPS) is 15.9. The number of H-pyrrole nitrogens is 1. The molecule has 1 unspecified atom stereocenters. The number of amides is 1. The summed E-state index contributed by atoms with van der Waals surface area (Å²) in [5.74, 6) is 1.40. The SMILES string of the molecule is O=C(Nc1ccc2nc(C3CCCO3)[nH]c2c1)c1cccnc1Oc1ccccc1. The van der Waals surface area contributed by atoms with Crippen LogP contribution in [-0.4, -0.2) is 27.5 Å². The molecule has 2 N–H and O–H groups in total. The monoisotopic (exact) mass is 400 g/mol. The molecule has 2 aromatic carbocycles. The molecule has 0 spiro atoms. The van der Waals surface area contributed by atoms with Crippen LogP contribution in [0.2, 0.25) is 0 Å². The van der Waals surface area contributed by atoms with Gasteiger partial charge < -0.3 is 19.8 Å². The van der Waals surface area contributed by atoms with Crippen LogP contribution < -0.4 is 10.1 Å². The molecule has 5 rings (SSSR count). The van der Waals surface area contributed by atoms with Crippen molar-refractivity contribution in [1.82, 2.24) is 15.0 Å². The fourth-order valence-corrected chi connectivity index (χ4v) is 3.50. The van der Waals surface area contributed by atoms with E-state index in [2.05, 4.69) is 20.3 Å². The van der Waals surface area contributed by atoms with E-state index in [1.54, 1.807) is 18.3 Å². The van der Waals surface area contributed by atoms with Gasteiger partial charge in [0, 0.05) is 18.5 Å². The Bertz CT molecular complexity index is 1180. The van der Waals surface area contributed by atoms with Crippen LogP contribution in [0, 0.1) is 0 Å². The number of pyridine rings is 1. The lowest BCUT2D eigenvalue weighted by Crippen LogP contribution is -2.13. The average Bonchev–Trinajstić information content (AvgIpc) is 3.44. The third-order valence-corrected chi connectivity index (χ3v) is 4.97. The lowest BCUT2D eigenvalue weighted by Gasteiger charge is -2.10. The van der Waals surface area contributed by atoms with Crippen molar-refractivity contribution in [2.45, 2.75) is 18.9 Å². The van der Waals surface area contributed by atoms with Gasteiger partial charge >= 0.3 is 0 Å². The number of aromatic nitrogens is 3. The molecule has 0 bridgehead atoms. The van der Waals surface area contributed by atoms with E-state index in [9.17, 15) is 4.79 Å². The summed E-state index contributed by atoms with van der Waals surface area (Å²) in [4.78, 5) is 25.0. The van der Waals surface area contributed by atoms with Crippen molar-refractivity contribution < 1.29 is 14.3 Å². The predicted molar refractivity (Wildman–Crippen MR) is 113 cm³/mol. The smallest absolute Gasteiger partial charge is 0.261 e. The lowest BCUT2D eigenvalue weighted by atomic mass is 10.2. The summed E-state index contributed by atoms with van der Waals surface area (Å²) in [6, 6.07) is 18.2. The van der Waals surface area contributed by atoms with E-state index >= 15 is 0 Å². The molecule has 0 saturated carbocycles. The van der Waals surface area contributed by atoms with Crippen molar-refractivity contribution in [3.05, 3.63) is 78.2 Å². The summed E-state index contributed by atoms with van der Waals surface area (Å²) in [6.07, 6.45) is 3.62. The van der Waals surface area contributed by atoms with Gasteiger partial charge in [0.15, 0.2) is 0 Å². The van der Waals surface area contributed by atoms with E-state index in [0.717, 1.165) is 36.3 Å². The number of para-hydroxylation sites is 1. The van der Waals surface area contributed by atoms with Gasteiger partial charge in [-0.25, -0.2) is 9.97 Å². The molecule has 1 aliphatic rings. The molecule has 0 radical (unpaired) electrons. The van der Waals surface area contributed by atoms with E-state index in [4.69, 9.17) is 9.47 Å². The van der Waals surface area contributed by atoms with Gasteiger partial charge in [0.1, 0.15) is 23.2 Å². The maximum absolute atomic E-state index is 12.9. The number of rotatable bonds is 5. The molecule has 2 aromatic heterocycles. The standard InChI is InChI=1S/C23H20N4O3/c28-22(17-8-4-12-24-23(17)30-16-6-2-1-3-7-16)25-15-10-11-18-19(14-15)27-21(26-18)20-9-5-13-29-20/h1-4,6-8,10-12,14,20H,5,9,13H2,(H,25,28)(H,26,27). The Balaban J connectivity index is 1.37. The Labute approximate surface area is 173 Å². The second kappa shape index (κ2) is 7.96. The van der Waals surface area contributed by atoms with E-state index in [1.165, 1.54) is 0 Å². The predicted octanol–water partition coefficient (Wildman–Crippen LogP) is 4.85. The number of hydrogen-bond donors (Lipinski definition) is 2. The van der Waals surface area contributed by atoms with Gasteiger partial charge in [-0.3, -0.25) is 4.79 Å². The van der Waals surface area contributed by atoms with E-state index in [0.29, 0.717) is 17.0 Å². The Hall–Kier alpha value is -3.71. The summed E-state index contributed by atoms with van der Waals surface area (Å²) >= 11 is 0. The molecule has 30 heavy (non-hydrogen) atoms. The second-order valence-electron chi connectivity index (χ2n) is 7.08. The molecule has 4 aromatic rings. The Kier molecular flexibility index (Phi) is 4.86. The van der Waals surface area contributed by atoms with Crippen molar-refractivity contribution in [2.75, 3.05) is 11.9 Å². The van der Waals surface area contributed by atoms with E-state index in [-0.39, 0.29) is 17.9 Å². The number of carbonyl (C=O) groups excluding carboxylic acids is 1. The maximum atomic E-state index is 12.9. The number of nitrogens with one attached hydrogen (secondary N) is 2. The molecular weight excluding hydrogens is 380 g/mol. The topological polar surface area (TPSA) is 89.1 Å². The highest BCUT2D eigenvalue weighted by atomic mass is 16.5. The van der Waals surface area contributed by atoms with Crippen LogP contribution in [0.25, 0.3) is 11.0 Å². The van der Waals surface area contributed by atoms with Crippen LogP contribution in [-0.2, 0) is 4.74 Å². The molecule has 7 heteroatoms. The maximum Gasteiger partial charge on any atom is 0.261 e. The lowest BCUT2D eigenvalue weighted by molar-refractivity contribution is 0.102. The number of anilines is 1. The van der Waals surface area contributed by atoms with Crippen LogP contribution >= 0.6 is 0 Å². The molecule has 1 fully saturated rings. The summed E-state index contributed by atoms with van der Waals surface area (Å²) in [5.41, 5.74) is 2.70. The van der Waals surface area contributed by atoms with Crippen LogP contribution in [0.3, 0.4) is 0 Å². The summed E-state index contributed by atoms with van der Waals surface area (Å²) in [6.45, 7) is 0.765. The number of nitrogens with zero attached hydrogens (tertiary/aromatic N) is 2. The fourth-order valence-electron chi connectivity index (χ4n) is 3.50. The van der Waals surface area contributed by atoms with Crippen molar-refractivity contribution >= 4 is 22.6 Å². The molecule has 1 atom stereocenters. The largest absolute Gasteiger partial charge is 0.438 e. The third kappa shape index (κ3) is 3.75. The van der Waals surface area contributed by atoms with Gasteiger partial charge in [0.05, 0.1) is 11.0 Å². The zero-order valence-corrected chi connectivity index (χ0v) is 16.2. The third-order valence-electron chi connectivity index (χ3n) is 4.97. The summed E-state index contributed by atoms with van der Waals surface area (Å²) in [5, 5.41) is 2.92. The van der Waals surface area contributed by atoms with Gasteiger partial charge in [-0.1, -0.05) is 18.2 Å². The molecule has 1 saturated heterocycles. The van der Waals surface area contributed by atoms with Gasteiger partial charge in [-0.05, 0) is 55.3 Å². The Morgan fingerprint density at radius 1 is 1.13 bits per heavy atom. The fraction of sp³-hybridized carbons (Fsp3) is 0.174. The number of fused-ring (bicyclic) bond motifs is 1. The number of aromatic amines is 1. The highest BCUT2D eigenvalue weighted by Crippen LogP contribution is 2.29. The molecule has 0 aliphatic carbocycles. The Morgan fingerprint density at radius 2 is 2.03 bits per heavy atom. The van der Waals surface area contributed by atoms with Crippen LogP contribution in [0.4, 0.5) is 5.69 Å². The van der Waals surface area contributed by atoms with Crippen molar-refractivity contribution in [2.24, 2.45) is 0 Å². The average molecular weight is 400 g/mol. The molecule has 7 nitrogen and oxygen atoms in total.